The van der Waals surface area contributed by atoms with Crippen molar-refractivity contribution < 1.29 is 14.7 Å². The summed E-state index contributed by atoms with van der Waals surface area (Å²) in [5.41, 5.74) is 0.0804. The van der Waals surface area contributed by atoms with Gasteiger partial charge in [0.1, 0.15) is 18.6 Å². The average Bonchev–Trinajstić information content (AvgIpc) is 3.04. The van der Waals surface area contributed by atoms with Gasteiger partial charge in [-0.25, -0.2) is 4.79 Å². The van der Waals surface area contributed by atoms with Gasteiger partial charge >= 0.3 is 5.97 Å². The molecule has 2 heterocycles. The van der Waals surface area contributed by atoms with Crippen LogP contribution in [0.4, 0.5) is 0 Å². The van der Waals surface area contributed by atoms with Crippen molar-refractivity contribution in [3.63, 3.8) is 0 Å². The monoisotopic (exact) mass is 277 g/mol. The molecule has 2 N–H and O–H groups in total. The van der Waals surface area contributed by atoms with E-state index in [-0.39, 0.29) is 24.7 Å². The fourth-order valence-electron chi connectivity index (χ4n) is 1.81. The molecule has 0 atom stereocenters. The molecule has 0 aliphatic heterocycles. The summed E-state index contributed by atoms with van der Waals surface area (Å²) in [4.78, 5) is 22.7. The van der Waals surface area contributed by atoms with E-state index in [1.165, 1.54) is 10.6 Å². The van der Waals surface area contributed by atoms with Gasteiger partial charge in [-0.3, -0.25) is 4.79 Å². The van der Waals surface area contributed by atoms with Gasteiger partial charge < -0.3 is 19.6 Å². The molecule has 0 aromatic carbocycles. The second-order valence-corrected chi connectivity index (χ2v) is 4.14. The SMILES string of the molecule is CCn1cnnc1CNC(=O)Cn1cccc1C(=O)O. The summed E-state index contributed by atoms with van der Waals surface area (Å²) in [5, 5.41) is 19.3. The summed E-state index contributed by atoms with van der Waals surface area (Å²) in [5.74, 6) is -0.685. The molecule has 8 nitrogen and oxygen atoms in total. The minimum Gasteiger partial charge on any atom is -0.477 e. The molecule has 0 saturated heterocycles. The van der Waals surface area contributed by atoms with Gasteiger partial charge in [0.2, 0.25) is 5.91 Å². The third-order valence-electron chi connectivity index (χ3n) is 2.84. The molecule has 0 spiro atoms. The Kier molecular flexibility index (Phi) is 4.14. The number of aromatic carboxylic acids is 1. The van der Waals surface area contributed by atoms with Crippen molar-refractivity contribution >= 4 is 11.9 Å². The highest BCUT2D eigenvalue weighted by Gasteiger charge is 2.12. The zero-order chi connectivity index (χ0) is 14.5. The number of hydrogen-bond donors (Lipinski definition) is 2. The van der Waals surface area contributed by atoms with Crippen molar-refractivity contribution in [3.05, 3.63) is 36.2 Å². The van der Waals surface area contributed by atoms with E-state index in [1.54, 1.807) is 18.6 Å². The first kappa shape index (κ1) is 13.8. The molecule has 1 amide bonds. The van der Waals surface area contributed by atoms with E-state index in [0.717, 1.165) is 6.54 Å². The number of carbonyl (C=O) groups is 2. The largest absolute Gasteiger partial charge is 0.477 e. The van der Waals surface area contributed by atoms with Crippen LogP contribution in [0.2, 0.25) is 0 Å². The summed E-state index contributed by atoms with van der Waals surface area (Å²) >= 11 is 0. The van der Waals surface area contributed by atoms with Gasteiger partial charge in [-0.2, -0.15) is 0 Å². The Bertz CT molecular complexity index is 616. The van der Waals surface area contributed by atoms with Crippen molar-refractivity contribution in [2.45, 2.75) is 26.6 Å². The molecule has 0 saturated carbocycles. The van der Waals surface area contributed by atoms with Crippen LogP contribution >= 0.6 is 0 Å². The van der Waals surface area contributed by atoms with Gasteiger partial charge in [-0.05, 0) is 19.1 Å². The Balaban J connectivity index is 1.93. The first-order valence-electron chi connectivity index (χ1n) is 6.13. The van der Waals surface area contributed by atoms with E-state index in [4.69, 9.17) is 5.11 Å². The van der Waals surface area contributed by atoms with Gasteiger partial charge in [0.05, 0.1) is 6.54 Å². The Hall–Kier alpha value is -2.64. The van der Waals surface area contributed by atoms with Crippen molar-refractivity contribution in [1.82, 2.24) is 24.6 Å². The van der Waals surface area contributed by atoms with Gasteiger partial charge in [0.25, 0.3) is 0 Å². The third-order valence-corrected chi connectivity index (χ3v) is 2.84. The van der Waals surface area contributed by atoms with Crippen LogP contribution in [0.15, 0.2) is 24.7 Å². The zero-order valence-electron chi connectivity index (χ0n) is 11.0. The fourth-order valence-corrected chi connectivity index (χ4v) is 1.81. The second kappa shape index (κ2) is 6.00. The normalized spacial score (nSPS) is 10.4. The molecule has 20 heavy (non-hydrogen) atoms. The van der Waals surface area contributed by atoms with E-state index >= 15 is 0 Å². The van der Waals surface area contributed by atoms with Crippen LogP contribution in [0.25, 0.3) is 0 Å². The molecule has 106 valence electrons. The van der Waals surface area contributed by atoms with Crippen LogP contribution in [-0.2, 0) is 24.4 Å². The number of rotatable bonds is 6. The Morgan fingerprint density at radius 1 is 1.40 bits per heavy atom. The molecule has 0 aliphatic carbocycles. The van der Waals surface area contributed by atoms with Crippen LogP contribution in [0.3, 0.4) is 0 Å². The maximum Gasteiger partial charge on any atom is 0.352 e. The quantitative estimate of drug-likeness (QED) is 0.780. The predicted molar refractivity (Wildman–Crippen MR) is 68.9 cm³/mol. The highest BCUT2D eigenvalue weighted by Crippen LogP contribution is 2.02. The van der Waals surface area contributed by atoms with E-state index in [2.05, 4.69) is 15.5 Å². The maximum atomic E-state index is 11.8. The molecular weight excluding hydrogens is 262 g/mol. The lowest BCUT2D eigenvalue weighted by atomic mass is 10.4. The van der Waals surface area contributed by atoms with Gasteiger partial charge in [-0.1, -0.05) is 0 Å². The van der Waals surface area contributed by atoms with Gasteiger partial charge in [0.15, 0.2) is 5.82 Å². The molecule has 0 unspecified atom stereocenters. The van der Waals surface area contributed by atoms with Gasteiger partial charge in [-0.15, -0.1) is 10.2 Å². The molecule has 8 heteroatoms. The first-order chi connectivity index (χ1) is 9.61. The fraction of sp³-hybridized carbons (Fsp3) is 0.333. The number of nitrogens with zero attached hydrogens (tertiary/aromatic N) is 4. The lowest BCUT2D eigenvalue weighted by molar-refractivity contribution is -0.121. The molecular formula is C12H15N5O3. The highest BCUT2D eigenvalue weighted by molar-refractivity contribution is 5.86. The van der Waals surface area contributed by atoms with E-state index < -0.39 is 5.97 Å². The summed E-state index contributed by atoms with van der Waals surface area (Å²) < 4.78 is 3.20. The second-order valence-electron chi connectivity index (χ2n) is 4.14. The number of aromatic nitrogens is 4. The molecule has 0 fully saturated rings. The predicted octanol–water partition coefficient (Wildman–Crippen LogP) is 0.114. The zero-order valence-corrected chi connectivity index (χ0v) is 11.0. The maximum absolute atomic E-state index is 11.8. The van der Waals surface area contributed by atoms with Crippen LogP contribution in [-0.4, -0.2) is 36.3 Å². The number of carboxylic acid groups (broad SMARTS) is 1. The Labute approximate surface area is 115 Å². The lowest BCUT2D eigenvalue weighted by Gasteiger charge is -2.08. The van der Waals surface area contributed by atoms with Crippen LogP contribution < -0.4 is 5.32 Å². The van der Waals surface area contributed by atoms with E-state index in [0.29, 0.717) is 5.82 Å². The minimum absolute atomic E-state index is 0.0467. The number of hydrogen-bond acceptors (Lipinski definition) is 4. The number of amides is 1. The molecule has 0 aliphatic rings. The summed E-state index contributed by atoms with van der Waals surface area (Å²) in [6, 6.07) is 3.04. The van der Waals surface area contributed by atoms with Crippen molar-refractivity contribution in [2.75, 3.05) is 0 Å². The molecule has 2 aromatic rings. The van der Waals surface area contributed by atoms with Crippen molar-refractivity contribution in [3.8, 4) is 0 Å². The minimum atomic E-state index is -1.06. The Morgan fingerprint density at radius 3 is 2.90 bits per heavy atom. The summed E-state index contributed by atoms with van der Waals surface area (Å²) in [6.07, 6.45) is 3.15. The third kappa shape index (κ3) is 3.02. The number of nitrogens with one attached hydrogen (secondary N) is 1. The van der Waals surface area contributed by atoms with Crippen LogP contribution in [0, 0.1) is 0 Å². The smallest absolute Gasteiger partial charge is 0.352 e. The number of carbonyl (C=O) groups excluding carboxylic acids is 1. The average molecular weight is 277 g/mol. The van der Waals surface area contributed by atoms with Crippen LogP contribution in [0.5, 0.6) is 0 Å². The molecule has 0 radical (unpaired) electrons. The van der Waals surface area contributed by atoms with Crippen molar-refractivity contribution in [2.24, 2.45) is 0 Å². The van der Waals surface area contributed by atoms with E-state index in [1.807, 2.05) is 11.5 Å². The van der Waals surface area contributed by atoms with Gasteiger partial charge in [0, 0.05) is 12.7 Å². The summed E-state index contributed by atoms with van der Waals surface area (Å²) in [6.45, 7) is 2.89. The summed E-state index contributed by atoms with van der Waals surface area (Å²) in [7, 11) is 0. The number of aryl methyl sites for hydroxylation is 1. The standard InChI is InChI=1S/C12H15N5O3/c1-2-16-8-14-15-10(16)6-13-11(18)7-17-5-3-4-9(17)12(19)20/h3-5,8H,2,6-7H2,1H3,(H,13,18)(H,19,20). The lowest BCUT2D eigenvalue weighted by Crippen LogP contribution is -2.29. The Morgan fingerprint density at radius 2 is 2.20 bits per heavy atom. The molecule has 2 rings (SSSR count). The van der Waals surface area contributed by atoms with Crippen LogP contribution in [0.1, 0.15) is 23.2 Å². The highest BCUT2D eigenvalue weighted by atomic mass is 16.4. The first-order valence-corrected chi connectivity index (χ1v) is 6.13. The number of carboxylic acids is 1. The molecule has 0 bridgehead atoms. The van der Waals surface area contributed by atoms with Crippen molar-refractivity contribution in [1.29, 1.82) is 0 Å². The molecule has 2 aromatic heterocycles. The van der Waals surface area contributed by atoms with E-state index in [9.17, 15) is 9.59 Å². The topological polar surface area (TPSA) is 102 Å².